The predicted octanol–water partition coefficient (Wildman–Crippen LogP) is 1.57. The number of carbonyl (C=O) groups is 2. The van der Waals surface area contributed by atoms with Gasteiger partial charge in [0.1, 0.15) is 0 Å². The van der Waals surface area contributed by atoms with Crippen molar-refractivity contribution >= 4 is 23.6 Å². The average molecular weight is 227 g/mol. The third-order valence-electron chi connectivity index (χ3n) is 3.54. The number of carbonyl (C=O) groups excluding carboxylic acids is 2. The van der Waals surface area contributed by atoms with Gasteiger partial charge in [0.25, 0.3) is 0 Å². The summed E-state index contributed by atoms with van der Waals surface area (Å²) in [5.41, 5.74) is -0.0138. The quantitative estimate of drug-likeness (QED) is 0.728. The monoisotopic (exact) mass is 227 g/mol. The van der Waals surface area contributed by atoms with Crippen LogP contribution in [0.1, 0.15) is 32.6 Å². The Morgan fingerprint density at radius 2 is 2.33 bits per heavy atom. The molecule has 3 nitrogen and oxygen atoms in total. The van der Waals surface area contributed by atoms with Crippen LogP contribution in [-0.4, -0.2) is 23.3 Å². The first-order valence-corrected chi connectivity index (χ1v) is 6.75. The van der Waals surface area contributed by atoms with Crippen molar-refractivity contribution in [3.05, 3.63) is 0 Å². The third kappa shape index (κ3) is 1.92. The maximum Gasteiger partial charge on any atom is 0.230 e. The SMILES string of the molecule is CCCC1C(=O)NC(=O)CC12CCSC2. The Bertz CT molecular complexity index is 284. The second-order valence-electron chi connectivity index (χ2n) is 4.60. The van der Waals surface area contributed by atoms with Crippen LogP contribution in [0.3, 0.4) is 0 Å². The van der Waals surface area contributed by atoms with E-state index in [-0.39, 0.29) is 23.1 Å². The highest BCUT2D eigenvalue weighted by Gasteiger charge is 2.49. The van der Waals surface area contributed by atoms with Gasteiger partial charge in [0.05, 0.1) is 0 Å². The van der Waals surface area contributed by atoms with Gasteiger partial charge in [-0.3, -0.25) is 14.9 Å². The van der Waals surface area contributed by atoms with Gasteiger partial charge in [-0.05, 0) is 18.6 Å². The van der Waals surface area contributed by atoms with Crippen molar-refractivity contribution in [3.8, 4) is 0 Å². The zero-order valence-electron chi connectivity index (χ0n) is 9.04. The van der Waals surface area contributed by atoms with E-state index in [1.807, 2.05) is 11.8 Å². The van der Waals surface area contributed by atoms with Crippen LogP contribution >= 0.6 is 11.8 Å². The van der Waals surface area contributed by atoms with Gasteiger partial charge in [0, 0.05) is 23.5 Å². The summed E-state index contributed by atoms with van der Waals surface area (Å²) in [4.78, 5) is 23.3. The van der Waals surface area contributed by atoms with Crippen LogP contribution in [0.5, 0.6) is 0 Å². The van der Waals surface area contributed by atoms with Crippen molar-refractivity contribution in [2.75, 3.05) is 11.5 Å². The van der Waals surface area contributed by atoms with Crippen molar-refractivity contribution in [1.82, 2.24) is 5.32 Å². The summed E-state index contributed by atoms with van der Waals surface area (Å²) in [5, 5.41) is 2.48. The van der Waals surface area contributed by atoms with Crippen molar-refractivity contribution in [1.29, 1.82) is 0 Å². The van der Waals surface area contributed by atoms with Crippen molar-refractivity contribution in [2.24, 2.45) is 11.3 Å². The van der Waals surface area contributed by atoms with Crippen LogP contribution in [0.15, 0.2) is 0 Å². The Kier molecular flexibility index (Phi) is 3.05. The lowest BCUT2D eigenvalue weighted by molar-refractivity contribution is -0.143. The normalized spacial score (nSPS) is 35.9. The van der Waals surface area contributed by atoms with E-state index in [2.05, 4.69) is 12.2 Å². The van der Waals surface area contributed by atoms with Gasteiger partial charge in [-0.1, -0.05) is 13.3 Å². The number of hydrogen-bond acceptors (Lipinski definition) is 3. The molecule has 1 N–H and O–H groups in total. The van der Waals surface area contributed by atoms with Crippen LogP contribution in [0.25, 0.3) is 0 Å². The molecule has 2 saturated heterocycles. The maximum absolute atomic E-state index is 11.8. The maximum atomic E-state index is 11.8. The zero-order chi connectivity index (χ0) is 10.9. The molecule has 2 unspecified atom stereocenters. The molecule has 2 atom stereocenters. The molecule has 4 heteroatoms. The molecule has 2 aliphatic heterocycles. The molecule has 2 heterocycles. The second-order valence-corrected chi connectivity index (χ2v) is 5.70. The Labute approximate surface area is 94.4 Å². The molecule has 2 amide bonds. The van der Waals surface area contributed by atoms with Crippen molar-refractivity contribution in [2.45, 2.75) is 32.6 Å². The van der Waals surface area contributed by atoms with Gasteiger partial charge in [-0.25, -0.2) is 0 Å². The fourth-order valence-corrected chi connectivity index (χ4v) is 4.30. The van der Waals surface area contributed by atoms with Crippen LogP contribution in [-0.2, 0) is 9.59 Å². The molecule has 0 bridgehead atoms. The Balaban J connectivity index is 2.22. The molecule has 0 aliphatic carbocycles. The highest BCUT2D eigenvalue weighted by atomic mass is 32.2. The summed E-state index contributed by atoms with van der Waals surface area (Å²) in [6.07, 6.45) is 3.51. The smallest absolute Gasteiger partial charge is 0.230 e. The van der Waals surface area contributed by atoms with E-state index in [4.69, 9.17) is 0 Å². The summed E-state index contributed by atoms with van der Waals surface area (Å²) in [6, 6.07) is 0. The largest absolute Gasteiger partial charge is 0.296 e. The summed E-state index contributed by atoms with van der Waals surface area (Å²) in [7, 11) is 0. The van der Waals surface area contributed by atoms with Crippen molar-refractivity contribution in [3.63, 3.8) is 0 Å². The van der Waals surface area contributed by atoms with E-state index in [0.29, 0.717) is 6.42 Å². The lowest BCUT2D eigenvalue weighted by Gasteiger charge is -2.39. The van der Waals surface area contributed by atoms with Crippen LogP contribution in [0.4, 0.5) is 0 Å². The summed E-state index contributed by atoms with van der Waals surface area (Å²) in [6.45, 7) is 2.10. The zero-order valence-corrected chi connectivity index (χ0v) is 9.86. The van der Waals surface area contributed by atoms with E-state index in [0.717, 1.165) is 30.8 Å². The highest BCUT2D eigenvalue weighted by Crippen LogP contribution is 2.48. The number of nitrogens with one attached hydrogen (secondary N) is 1. The summed E-state index contributed by atoms with van der Waals surface area (Å²) >= 11 is 1.88. The number of thioether (sulfide) groups is 1. The predicted molar refractivity (Wildman–Crippen MR) is 60.5 cm³/mol. The molecular formula is C11H17NO2S. The number of piperidine rings is 1. The molecule has 0 radical (unpaired) electrons. The standard InChI is InChI=1S/C11H17NO2S/c1-2-3-8-10(14)12-9(13)6-11(8)4-5-15-7-11/h8H,2-7H2,1H3,(H,12,13,14). The second kappa shape index (κ2) is 4.16. The summed E-state index contributed by atoms with van der Waals surface area (Å²) in [5.74, 6) is 2.04. The lowest BCUT2D eigenvalue weighted by atomic mass is 9.68. The van der Waals surface area contributed by atoms with E-state index in [1.165, 1.54) is 0 Å². The first kappa shape index (κ1) is 11.0. The fraction of sp³-hybridized carbons (Fsp3) is 0.818. The Hall–Kier alpha value is -0.510. The molecule has 2 rings (SSSR count). The van der Waals surface area contributed by atoms with Crippen LogP contribution in [0, 0.1) is 11.3 Å². The molecule has 84 valence electrons. The molecule has 1 spiro atoms. The average Bonchev–Trinajstić information content (AvgIpc) is 2.61. The Morgan fingerprint density at radius 1 is 1.53 bits per heavy atom. The number of rotatable bonds is 2. The molecular weight excluding hydrogens is 210 g/mol. The molecule has 15 heavy (non-hydrogen) atoms. The van der Waals surface area contributed by atoms with Gasteiger partial charge < -0.3 is 0 Å². The minimum Gasteiger partial charge on any atom is -0.296 e. The Morgan fingerprint density at radius 3 is 2.93 bits per heavy atom. The molecule has 0 saturated carbocycles. The molecule has 2 fully saturated rings. The highest BCUT2D eigenvalue weighted by molar-refractivity contribution is 7.99. The summed E-state index contributed by atoms with van der Waals surface area (Å²) < 4.78 is 0. The molecule has 2 aliphatic rings. The van der Waals surface area contributed by atoms with Crippen LogP contribution in [0.2, 0.25) is 0 Å². The number of hydrogen-bond donors (Lipinski definition) is 1. The van der Waals surface area contributed by atoms with Gasteiger partial charge >= 0.3 is 0 Å². The lowest BCUT2D eigenvalue weighted by Crippen LogP contribution is -2.52. The van der Waals surface area contributed by atoms with E-state index in [1.54, 1.807) is 0 Å². The van der Waals surface area contributed by atoms with Crippen molar-refractivity contribution < 1.29 is 9.59 Å². The molecule has 0 aromatic rings. The van der Waals surface area contributed by atoms with E-state index < -0.39 is 0 Å². The molecule has 0 aromatic carbocycles. The number of imide groups is 1. The van der Waals surface area contributed by atoms with Crippen LogP contribution < -0.4 is 5.32 Å². The minimum absolute atomic E-state index is 0.0138. The topological polar surface area (TPSA) is 46.2 Å². The van der Waals surface area contributed by atoms with Gasteiger partial charge in [-0.15, -0.1) is 0 Å². The van der Waals surface area contributed by atoms with Gasteiger partial charge in [-0.2, -0.15) is 11.8 Å². The number of amides is 2. The first-order chi connectivity index (χ1) is 7.18. The van der Waals surface area contributed by atoms with E-state index in [9.17, 15) is 9.59 Å². The molecule has 0 aromatic heterocycles. The first-order valence-electron chi connectivity index (χ1n) is 5.59. The third-order valence-corrected chi connectivity index (χ3v) is 4.81. The van der Waals surface area contributed by atoms with E-state index >= 15 is 0 Å². The van der Waals surface area contributed by atoms with Gasteiger partial charge in [0.15, 0.2) is 0 Å². The fourth-order valence-electron chi connectivity index (χ4n) is 2.75. The minimum atomic E-state index is -0.0742. The van der Waals surface area contributed by atoms with Gasteiger partial charge in [0.2, 0.25) is 11.8 Å².